The number of aromatic nitrogens is 3. The van der Waals surface area contributed by atoms with Gasteiger partial charge in [-0.05, 0) is 25.1 Å². The van der Waals surface area contributed by atoms with Crippen molar-refractivity contribution in [1.29, 1.82) is 5.26 Å². The van der Waals surface area contributed by atoms with Crippen LogP contribution in [0.2, 0.25) is 0 Å². The van der Waals surface area contributed by atoms with Crippen molar-refractivity contribution in [3.63, 3.8) is 0 Å². The molecule has 7 nitrogen and oxygen atoms in total. The zero-order valence-corrected chi connectivity index (χ0v) is 12.4. The molecule has 0 aliphatic heterocycles. The van der Waals surface area contributed by atoms with Crippen molar-refractivity contribution in [2.24, 2.45) is 5.73 Å². The number of nitrogens with two attached hydrogens (primary N) is 1. The SMILES string of the molecule is N#Cc1ccc(Nc2nc(NCCCN)cc(C(F)(F)F)n2)cn1. The van der Waals surface area contributed by atoms with Crippen LogP contribution in [-0.4, -0.2) is 28.0 Å². The van der Waals surface area contributed by atoms with Crippen molar-refractivity contribution in [1.82, 2.24) is 15.0 Å². The molecule has 0 aliphatic carbocycles. The standard InChI is InChI=1S/C14H14F3N7/c15-14(16,17)11-6-12(20-5-1-4-18)24-13(23-11)22-10-3-2-9(7-19)21-8-10/h2-3,6,8H,1,4-5,18H2,(H2,20,22,23,24). The van der Waals surface area contributed by atoms with Crippen molar-refractivity contribution in [3.05, 3.63) is 35.8 Å². The molecule has 2 aromatic rings. The third-order valence-electron chi connectivity index (χ3n) is 2.84. The van der Waals surface area contributed by atoms with Crippen LogP contribution < -0.4 is 16.4 Å². The van der Waals surface area contributed by atoms with E-state index in [0.717, 1.165) is 6.07 Å². The number of nitriles is 1. The highest BCUT2D eigenvalue weighted by atomic mass is 19.4. The first kappa shape index (κ1) is 17.4. The molecular formula is C14H14F3N7. The lowest BCUT2D eigenvalue weighted by atomic mass is 10.3. The van der Waals surface area contributed by atoms with E-state index in [2.05, 4.69) is 25.6 Å². The summed E-state index contributed by atoms with van der Waals surface area (Å²) in [4.78, 5) is 11.3. The Hall–Kier alpha value is -2.93. The number of nitrogens with one attached hydrogen (secondary N) is 2. The molecule has 0 saturated heterocycles. The van der Waals surface area contributed by atoms with Crippen molar-refractivity contribution < 1.29 is 13.2 Å². The molecule has 2 rings (SSSR count). The smallest absolute Gasteiger partial charge is 0.370 e. The molecule has 0 unspecified atom stereocenters. The van der Waals surface area contributed by atoms with Gasteiger partial charge in [0, 0.05) is 12.6 Å². The predicted octanol–water partition coefficient (Wildman–Crippen LogP) is 2.27. The largest absolute Gasteiger partial charge is 0.433 e. The summed E-state index contributed by atoms with van der Waals surface area (Å²) in [7, 11) is 0. The normalized spacial score (nSPS) is 11.0. The van der Waals surface area contributed by atoms with Gasteiger partial charge in [-0.3, -0.25) is 0 Å². The number of hydrogen-bond acceptors (Lipinski definition) is 7. The molecule has 0 radical (unpaired) electrons. The van der Waals surface area contributed by atoms with E-state index in [9.17, 15) is 13.2 Å². The van der Waals surface area contributed by atoms with E-state index in [1.54, 1.807) is 0 Å². The van der Waals surface area contributed by atoms with Gasteiger partial charge in [0.15, 0.2) is 5.69 Å². The second-order valence-electron chi connectivity index (χ2n) is 4.70. The Morgan fingerprint density at radius 2 is 2.04 bits per heavy atom. The van der Waals surface area contributed by atoms with E-state index in [4.69, 9.17) is 11.0 Å². The van der Waals surface area contributed by atoms with Crippen LogP contribution >= 0.6 is 0 Å². The molecule has 4 N–H and O–H groups in total. The van der Waals surface area contributed by atoms with Crippen LogP contribution in [0.15, 0.2) is 24.4 Å². The Labute approximate surface area is 135 Å². The second kappa shape index (κ2) is 7.56. The topological polar surface area (TPSA) is 113 Å². The zero-order valence-electron chi connectivity index (χ0n) is 12.4. The average Bonchev–Trinajstić information content (AvgIpc) is 2.55. The molecule has 0 saturated carbocycles. The predicted molar refractivity (Wildman–Crippen MR) is 81.4 cm³/mol. The van der Waals surface area contributed by atoms with Gasteiger partial charge in [0.2, 0.25) is 5.95 Å². The minimum Gasteiger partial charge on any atom is -0.370 e. The van der Waals surface area contributed by atoms with Gasteiger partial charge in [0.25, 0.3) is 0 Å². The van der Waals surface area contributed by atoms with Crippen LogP contribution in [0.25, 0.3) is 0 Å². The Morgan fingerprint density at radius 3 is 2.62 bits per heavy atom. The summed E-state index contributed by atoms with van der Waals surface area (Å²) in [5.41, 5.74) is 4.83. The van der Waals surface area contributed by atoms with Gasteiger partial charge < -0.3 is 16.4 Å². The Morgan fingerprint density at radius 1 is 1.25 bits per heavy atom. The fourth-order valence-corrected chi connectivity index (χ4v) is 1.72. The van der Waals surface area contributed by atoms with Gasteiger partial charge in [-0.1, -0.05) is 0 Å². The maximum atomic E-state index is 13.0. The molecule has 2 aromatic heterocycles. The van der Waals surface area contributed by atoms with E-state index in [0.29, 0.717) is 25.2 Å². The summed E-state index contributed by atoms with van der Waals surface area (Å²) in [5, 5.41) is 14.1. The maximum absolute atomic E-state index is 13.0. The number of anilines is 3. The summed E-state index contributed by atoms with van der Waals surface area (Å²) < 4.78 is 38.9. The molecule has 2 heterocycles. The molecule has 0 aliphatic rings. The fourth-order valence-electron chi connectivity index (χ4n) is 1.72. The highest BCUT2D eigenvalue weighted by molar-refractivity contribution is 5.55. The van der Waals surface area contributed by atoms with E-state index in [-0.39, 0.29) is 17.5 Å². The van der Waals surface area contributed by atoms with Crippen LogP contribution in [0, 0.1) is 11.3 Å². The minimum absolute atomic E-state index is 0.0369. The summed E-state index contributed by atoms with van der Waals surface area (Å²) in [6.07, 6.45) is -2.70. The van der Waals surface area contributed by atoms with Crippen LogP contribution in [-0.2, 0) is 6.18 Å². The molecule has 0 fully saturated rings. The molecule has 0 aromatic carbocycles. The quantitative estimate of drug-likeness (QED) is 0.693. The first-order chi connectivity index (χ1) is 11.4. The summed E-state index contributed by atoms with van der Waals surface area (Å²) >= 11 is 0. The Kier molecular flexibility index (Phi) is 5.49. The number of alkyl halides is 3. The fraction of sp³-hybridized carbons (Fsp3) is 0.286. The first-order valence-corrected chi connectivity index (χ1v) is 6.96. The minimum atomic E-state index is -4.60. The van der Waals surface area contributed by atoms with Crippen molar-refractivity contribution >= 4 is 17.5 Å². The number of nitrogens with zero attached hydrogens (tertiary/aromatic N) is 4. The lowest BCUT2D eigenvalue weighted by Crippen LogP contribution is -2.14. The summed E-state index contributed by atoms with van der Waals surface area (Å²) in [6.45, 7) is 0.800. The van der Waals surface area contributed by atoms with E-state index in [1.165, 1.54) is 18.3 Å². The third kappa shape index (κ3) is 4.79. The van der Waals surface area contributed by atoms with Crippen molar-refractivity contribution in [2.75, 3.05) is 23.7 Å². The molecule has 0 atom stereocenters. The van der Waals surface area contributed by atoms with Crippen molar-refractivity contribution in [3.8, 4) is 6.07 Å². The van der Waals surface area contributed by atoms with Crippen LogP contribution in [0.1, 0.15) is 17.8 Å². The lowest BCUT2D eigenvalue weighted by Gasteiger charge is -2.12. The van der Waals surface area contributed by atoms with Crippen LogP contribution in [0.3, 0.4) is 0 Å². The molecule has 0 amide bonds. The van der Waals surface area contributed by atoms with Crippen LogP contribution in [0.4, 0.5) is 30.6 Å². The molecule has 24 heavy (non-hydrogen) atoms. The molecular weight excluding hydrogens is 323 g/mol. The monoisotopic (exact) mass is 337 g/mol. The maximum Gasteiger partial charge on any atom is 0.433 e. The van der Waals surface area contributed by atoms with Gasteiger partial charge >= 0.3 is 6.18 Å². The van der Waals surface area contributed by atoms with Gasteiger partial charge in [0.05, 0.1) is 11.9 Å². The van der Waals surface area contributed by atoms with E-state index >= 15 is 0 Å². The Bertz CT molecular complexity index is 723. The molecule has 10 heteroatoms. The van der Waals surface area contributed by atoms with Gasteiger partial charge in [-0.25, -0.2) is 9.97 Å². The third-order valence-corrected chi connectivity index (χ3v) is 2.84. The average molecular weight is 337 g/mol. The zero-order chi connectivity index (χ0) is 17.6. The summed E-state index contributed by atoms with van der Waals surface area (Å²) in [5.74, 6) is -0.193. The number of pyridine rings is 1. The highest BCUT2D eigenvalue weighted by Gasteiger charge is 2.33. The van der Waals surface area contributed by atoms with Gasteiger partial charge in [0.1, 0.15) is 17.6 Å². The van der Waals surface area contributed by atoms with Crippen molar-refractivity contribution in [2.45, 2.75) is 12.6 Å². The number of halogens is 3. The first-order valence-electron chi connectivity index (χ1n) is 6.96. The van der Waals surface area contributed by atoms with E-state index < -0.39 is 11.9 Å². The van der Waals surface area contributed by atoms with Gasteiger partial charge in [-0.2, -0.15) is 23.4 Å². The highest BCUT2D eigenvalue weighted by Crippen LogP contribution is 2.30. The molecule has 126 valence electrons. The molecule has 0 bridgehead atoms. The van der Waals surface area contributed by atoms with E-state index in [1.807, 2.05) is 6.07 Å². The van der Waals surface area contributed by atoms with Crippen LogP contribution in [0.5, 0.6) is 0 Å². The van der Waals surface area contributed by atoms with Gasteiger partial charge in [-0.15, -0.1) is 0 Å². The number of hydrogen-bond donors (Lipinski definition) is 3. The number of rotatable bonds is 6. The second-order valence-corrected chi connectivity index (χ2v) is 4.70. The Balaban J connectivity index is 2.26. The molecule has 0 spiro atoms. The lowest BCUT2D eigenvalue weighted by molar-refractivity contribution is -0.141. The summed E-state index contributed by atoms with van der Waals surface area (Å²) in [6, 6.07) is 5.60.